The van der Waals surface area contributed by atoms with Gasteiger partial charge in [-0.15, -0.1) is 0 Å². The molecule has 0 heterocycles. The molecule has 2 N–H and O–H groups in total. The molecule has 24 heavy (non-hydrogen) atoms. The molecule has 0 spiro atoms. The smallest absolute Gasteiger partial charge is 0.317 e. The predicted molar refractivity (Wildman–Crippen MR) is 86.5 cm³/mol. The van der Waals surface area contributed by atoms with E-state index < -0.39 is 25.5 Å². The highest BCUT2D eigenvalue weighted by atomic mass is 32.2. The number of hydrogen-bond acceptors (Lipinski definition) is 4. The molecule has 0 radical (unpaired) electrons. The van der Waals surface area contributed by atoms with Crippen molar-refractivity contribution in [2.45, 2.75) is 10.1 Å². The Kier molecular flexibility index (Phi) is 4.97. The van der Waals surface area contributed by atoms with E-state index in [2.05, 4.69) is 4.79 Å². The van der Waals surface area contributed by atoms with Gasteiger partial charge in [-0.1, -0.05) is 42.5 Å². The van der Waals surface area contributed by atoms with Gasteiger partial charge in [0.1, 0.15) is 4.90 Å². The third kappa shape index (κ3) is 3.94. The standard InChI is InChI=1S/C14H12N2O6S2/c15-16-12-6-3-5-11(14(12)24(20,21)22)9-8-10-4-1-2-7-13(10)23(17,18)19/h1-9,14H,(H,17,18,19)(H,20,21,22). The van der Waals surface area contributed by atoms with Gasteiger partial charge in [0.25, 0.3) is 20.2 Å². The van der Waals surface area contributed by atoms with Crippen LogP contribution in [0, 0.1) is 0 Å². The first-order chi connectivity index (χ1) is 11.1. The topological polar surface area (TPSA) is 145 Å². The van der Waals surface area contributed by atoms with Crippen LogP contribution in [0.1, 0.15) is 5.56 Å². The fourth-order valence-electron chi connectivity index (χ4n) is 2.20. The monoisotopic (exact) mass is 368 g/mol. The van der Waals surface area contributed by atoms with Crippen LogP contribution in [0.25, 0.3) is 11.6 Å². The summed E-state index contributed by atoms with van der Waals surface area (Å²) < 4.78 is 64.2. The maximum atomic E-state index is 11.5. The molecule has 0 saturated heterocycles. The largest absolute Gasteiger partial charge is 0.361 e. The molecule has 1 aromatic carbocycles. The Balaban J connectivity index is 2.51. The number of rotatable bonds is 4. The SMILES string of the molecule is [N-]=[N+]=C1C=CC=C(C=Cc2ccccc2S(=O)(=O)O)C1S(=O)(=O)O. The molecule has 0 aromatic heterocycles. The Morgan fingerprint density at radius 3 is 2.33 bits per heavy atom. The molecule has 1 unspecified atom stereocenters. The van der Waals surface area contributed by atoms with Crippen molar-refractivity contribution in [3.8, 4) is 0 Å². The van der Waals surface area contributed by atoms with Crippen molar-refractivity contribution in [3.63, 3.8) is 0 Å². The number of benzene rings is 1. The molecule has 126 valence electrons. The van der Waals surface area contributed by atoms with Gasteiger partial charge >= 0.3 is 5.71 Å². The van der Waals surface area contributed by atoms with E-state index in [1.54, 1.807) is 0 Å². The fraction of sp³-hybridized carbons (Fsp3) is 0.0714. The second kappa shape index (κ2) is 6.63. The number of allylic oxidation sites excluding steroid dienone is 4. The van der Waals surface area contributed by atoms with Crippen LogP contribution in [-0.4, -0.2) is 41.7 Å². The van der Waals surface area contributed by atoms with Gasteiger partial charge in [0, 0.05) is 6.08 Å². The van der Waals surface area contributed by atoms with Crippen molar-refractivity contribution in [1.29, 1.82) is 0 Å². The highest BCUT2D eigenvalue weighted by Gasteiger charge is 2.37. The van der Waals surface area contributed by atoms with Gasteiger partial charge in [-0.25, -0.2) is 0 Å². The zero-order valence-electron chi connectivity index (χ0n) is 12.0. The van der Waals surface area contributed by atoms with E-state index in [1.807, 2.05) is 0 Å². The summed E-state index contributed by atoms with van der Waals surface area (Å²) in [5.74, 6) is 0. The van der Waals surface area contributed by atoms with Gasteiger partial charge in [-0.05, 0) is 17.2 Å². The summed E-state index contributed by atoms with van der Waals surface area (Å²) >= 11 is 0. The Morgan fingerprint density at radius 1 is 1.08 bits per heavy atom. The van der Waals surface area contributed by atoms with Crippen LogP contribution in [0.5, 0.6) is 0 Å². The highest BCUT2D eigenvalue weighted by Crippen LogP contribution is 2.22. The van der Waals surface area contributed by atoms with E-state index in [4.69, 9.17) is 5.53 Å². The normalized spacial score (nSPS) is 18.5. The molecule has 1 aromatic rings. The number of hydrogen-bond donors (Lipinski definition) is 2. The molecule has 1 aliphatic rings. The summed E-state index contributed by atoms with van der Waals surface area (Å²) in [6, 6.07) is 5.54. The molecule has 2 rings (SSSR count). The van der Waals surface area contributed by atoms with E-state index in [0.29, 0.717) is 0 Å². The quantitative estimate of drug-likeness (QED) is 0.466. The van der Waals surface area contributed by atoms with Gasteiger partial charge in [-0.3, -0.25) is 9.11 Å². The van der Waals surface area contributed by atoms with E-state index in [1.165, 1.54) is 54.6 Å². The summed E-state index contributed by atoms with van der Waals surface area (Å²) in [6.07, 6.45) is 6.49. The van der Waals surface area contributed by atoms with Crippen LogP contribution in [0.15, 0.2) is 59.0 Å². The molecule has 0 aliphatic heterocycles. The molecular weight excluding hydrogens is 356 g/mol. The van der Waals surface area contributed by atoms with Crippen LogP contribution in [-0.2, 0) is 20.2 Å². The van der Waals surface area contributed by atoms with Gasteiger partial charge in [0.05, 0.1) is 0 Å². The van der Waals surface area contributed by atoms with Crippen molar-refractivity contribution in [2.75, 3.05) is 0 Å². The molecule has 0 fully saturated rings. The van der Waals surface area contributed by atoms with Gasteiger partial charge in [0.2, 0.25) is 5.25 Å². The highest BCUT2D eigenvalue weighted by molar-refractivity contribution is 7.87. The fourth-order valence-corrected chi connectivity index (χ4v) is 3.81. The first-order valence-corrected chi connectivity index (χ1v) is 9.40. The van der Waals surface area contributed by atoms with Crippen LogP contribution >= 0.6 is 0 Å². The number of nitrogens with zero attached hydrogens (tertiary/aromatic N) is 2. The lowest BCUT2D eigenvalue weighted by Crippen LogP contribution is -2.32. The van der Waals surface area contributed by atoms with Crippen LogP contribution in [0.4, 0.5) is 0 Å². The van der Waals surface area contributed by atoms with Crippen molar-refractivity contribution in [3.05, 3.63) is 65.2 Å². The Hall–Kier alpha value is -2.36. The lowest BCUT2D eigenvalue weighted by Gasteiger charge is -2.12. The zero-order valence-corrected chi connectivity index (χ0v) is 13.6. The molecule has 0 saturated carbocycles. The minimum atomic E-state index is -4.61. The van der Waals surface area contributed by atoms with E-state index in [0.717, 1.165) is 0 Å². The third-order valence-electron chi connectivity index (χ3n) is 3.19. The van der Waals surface area contributed by atoms with Gasteiger partial charge in [0.15, 0.2) is 0 Å². The summed E-state index contributed by atoms with van der Waals surface area (Å²) in [5, 5.41) is -1.61. The summed E-state index contributed by atoms with van der Waals surface area (Å²) in [4.78, 5) is 2.48. The molecule has 10 heteroatoms. The average Bonchev–Trinajstić information content (AvgIpc) is 2.50. The Morgan fingerprint density at radius 2 is 1.75 bits per heavy atom. The summed E-state index contributed by atoms with van der Waals surface area (Å²) in [6.45, 7) is 0. The average molecular weight is 368 g/mol. The lowest BCUT2D eigenvalue weighted by molar-refractivity contribution is -0.00536. The molecule has 8 nitrogen and oxygen atoms in total. The summed E-state index contributed by atoms with van der Waals surface area (Å²) in [7, 11) is -9.07. The lowest BCUT2D eigenvalue weighted by atomic mass is 10.0. The maximum absolute atomic E-state index is 11.5. The van der Waals surface area contributed by atoms with E-state index >= 15 is 0 Å². The Bertz CT molecular complexity index is 1010. The van der Waals surface area contributed by atoms with E-state index in [9.17, 15) is 25.9 Å². The predicted octanol–water partition coefficient (Wildman–Crippen LogP) is 1.37. The molecule has 0 amide bonds. The van der Waals surface area contributed by atoms with Crippen LogP contribution in [0.2, 0.25) is 0 Å². The first kappa shape index (κ1) is 18.0. The minimum Gasteiger partial charge on any atom is -0.361 e. The van der Waals surface area contributed by atoms with Crippen molar-refractivity contribution >= 4 is 32.0 Å². The first-order valence-electron chi connectivity index (χ1n) is 6.45. The molecular formula is C14H12N2O6S2. The molecule has 0 bridgehead atoms. The van der Waals surface area contributed by atoms with Gasteiger partial charge < -0.3 is 5.53 Å². The second-order valence-corrected chi connectivity index (χ2v) is 7.68. The minimum absolute atomic E-state index is 0.0536. The van der Waals surface area contributed by atoms with Crippen molar-refractivity contribution < 1.29 is 30.7 Å². The van der Waals surface area contributed by atoms with Crippen molar-refractivity contribution in [1.82, 2.24) is 0 Å². The van der Waals surface area contributed by atoms with Crippen LogP contribution < -0.4 is 0 Å². The zero-order chi connectivity index (χ0) is 18.0. The third-order valence-corrected chi connectivity index (χ3v) is 5.23. The van der Waals surface area contributed by atoms with Crippen LogP contribution in [0.3, 0.4) is 0 Å². The Labute approximate surface area is 138 Å². The maximum Gasteiger partial charge on any atom is 0.317 e. The van der Waals surface area contributed by atoms with Crippen molar-refractivity contribution in [2.24, 2.45) is 0 Å². The molecule has 1 atom stereocenters. The van der Waals surface area contributed by atoms with E-state index in [-0.39, 0.29) is 21.7 Å². The second-order valence-electron chi connectivity index (χ2n) is 4.79. The molecule has 1 aliphatic carbocycles. The van der Waals surface area contributed by atoms with Gasteiger partial charge in [-0.2, -0.15) is 21.6 Å². The summed E-state index contributed by atoms with van der Waals surface area (Å²) in [5.41, 5.74) is 8.76.